The summed E-state index contributed by atoms with van der Waals surface area (Å²) in [5.74, 6) is 1.07. The van der Waals surface area contributed by atoms with E-state index < -0.39 is 0 Å². The standard InChI is InChI=1S/C18H27N3O2/c1-3-6-14-11-16(20-19-14)18(22)21(15-9-10-15)12-13-7-4-5-8-17(13)23-2/h4-5,7-8,14-16,19-20H,3,6,9-12H2,1-2H3. The van der Waals surface area contributed by atoms with Gasteiger partial charge in [-0.25, -0.2) is 5.43 Å². The van der Waals surface area contributed by atoms with Gasteiger partial charge in [0.15, 0.2) is 0 Å². The number of amides is 1. The van der Waals surface area contributed by atoms with Gasteiger partial charge in [0.2, 0.25) is 5.91 Å². The summed E-state index contributed by atoms with van der Waals surface area (Å²) >= 11 is 0. The summed E-state index contributed by atoms with van der Waals surface area (Å²) in [6.07, 6.45) is 5.33. The van der Waals surface area contributed by atoms with Crippen LogP contribution in [0, 0.1) is 0 Å². The van der Waals surface area contributed by atoms with Gasteiger partial charge in [0.25, 0.3) is 0 Å². The van der Waals surface area contributed by atoms with Crippen molar-refractivity contribution in [2.75, 3.05) is 7.11 Å². The van der Waals surface area contributed by atoms with E-state index in [1.807, 2.05) is 29.2 Å². The van der Waals surface area contributed by atoms with Gasteiger partial charge >= 0.3 is 0 Å². The number of nitrogens with zero attached hydrogens (tertiary/aromatic N) is 1. The molecule has 2 N–H and O–H groups in total. The number of hydrazine groups is 1. The number of rotatable bonds is 7. The molecule has 2 aliphatic rings. The van der Waals surface area contributed by atoms with E-state index >= 15 is 0 Å². The number of para-hydroxylation sites is 1. The molecule has 3 rings (SSSR count). The van der Waals surface area contributed by atoms with Crippen molar-refractivity contribution in [1.29, 1.82) is 0 Å². The smallest absolute Gasteiger partial charge is 0.241 e. The van der Waals surface area contributed by atoms with Crippen LogP contribution >= 0.6 is 0 Å². The first-order chi connectivity index (χ1) is 11.2. The summed E-state index contributed by atoms with van der Waals surface area (Å²) < 4.78 is 5.43. The van der Waals surface area contributed by atoms with Crippen molar-refractivity contribution in [3.8, 4) is 5.75 Å². The predicted molar refractivity (Wildman–Crippen MR) is 89.9 cm³/mol. The lowest BCUT2D eigenvalue weighted by molar-refractivity contribution is -0.134. The number of hydrogen-bond donors (Lipinski definition) is 2. The minimum Gasteiger partial charge on any atom is -0.496 e. The highest BCUT2D eigenvalue weighted by Gasteiger charge is 2.38. The number of carbonyl (C=O) groups excluding carboxylic acids is 1. The van der Waals surface area contributed by atoms with E-state index in [1.54, 1.807) is 7.11 Å². The molecule has 0 bridgehead atoms. The Bertz CT molecular complexity index is 545. The largest absolute Gasteiger partial charge is 0.496 e. The molecule has 1 aliphatic heterocycles. The molecule has 1 aromatic carbocycles. The Morgan fingerprint density at radius 1 is 1.30 bits per heavy atom. The van der Waals surface area contributed by atoms with Gasteiger partial charge in [-0.2, -0.15) is 0 Å². The number of ether oxygens (including phenoxy) is 1. The van der Waals surface area contributed by atoms with E-state index in [1.165, 1.54) is 0 Å². The minimum absolute atomic E-state index is 0.109. The third-order valence-electron chi connectivity index (χ3n) is 4.72. The Labute approximate surface area is 138 Å². The van der Waals surface area contributed by atoms with Gasteiger partial charge in [-0.1, -0.05) is 31.5 Å². The molecule has 1 saturated carbocycles. The minimum atomic E-state index is -0.109. The lowest BCUT2D eigenvalue weighted by Crippen LogP contribution is -2.46. The Morgan fingerprint density at radius 3 is 2.78 bits per heavy atom. The van der Waals surface area contributed by atoms with Gasteiger partial charge in [0, 0.05) is 24.2 Å². The van der Waals surface area contributed by atoms with Crippen LogP contribution in [0.15, 0.2) is 24.3 Å². The number of hydrogen-bond acceptors (Lipinski definition) is 4. The van der Waals surface area contributed by atoms with Crippen molar-refractivity contribution in [2.24, 2.45) is 0 Å². The quantitative estimate of drug-likeness (QED) is 0.810. The fourth-order valence-corrected chi connectivity index (χ4v) is 3.31. The van der Waals surface area contributed by atoms with Gasteiger partial charge in [0.1, 0.15) is 11.8 Å². The van der Waals surface area contributed by atoms with E-state index in [0.717, 1.165) is 43.4 Å². The van der Waals surface area contributed by atoms with Crippen LogP contribution in [0.2, 0.25) is 0 Å². The monoisotopic (exact) mass is 317 g/mol. The second-order valence-corrected chi connectivity index (χ2v) is 6.57. The van der Waals surface area contributed by atoms with Crippen LogP contribution < -0.4 is 15.6 Å². The predicted octanol–water partition coefficient (Wildman–Crippen LogP) is 2.22. The maximum atomic E-state index is 13.0. The number of nitrogens with one attached hydrogen (secondary N) is 2. The van der Waals surface area contributed by atoms with Crippen LogP contribution in [0.5, 0.6) is 5.75 Å². The Hall–Kier alpha value is -1.59. The average molecular weight is 317 g/mol. The van der Waals surface area contributed by atoms with Gasteiger partial charge < -0.3 is 9.64 Å². The van der Waals surface area contributed by atoms with Crippen LogP contribution in [0.3, 0.4) is 0 Å². The Balaban J connectivity index is 1.68. The van der Waals surface area contributed by atoms with E-state index in [2.05, 4.69) is 17.8 Å². The molecule has 2 fully saturated rings. The van der Waals surface area contributed by atoms with Crippen molar-refractivity contribution in [3.05, 3.63) is 29.8 Å². The third-order valence-corrected chi connectivity index (χ3v) is 4.72. The molecule has 1 aromatic rings. The summed E-state index contributed by atoms with van der Waals surface area (Å²) in [6, 6.07) is 8.64. The Kier molecular flexibility index (Phi) is 5.18. The second kappa shape index (κ2) is 7.32. The van der Waals surface area contributed by atoms with Gasteiger partial charge in [-0.05, 0) is 31.7 Å². The van der Waals surface area contributed by atoms with Crippen molar-refractivity contribution in [1.82, 2.24) is 15.8 Å². The van der Waals surface area contributed by atoms with Gasteiger partial charge in [-0.3, -0.25) is 10.2 Å². The van der Waals surface area contributed by atoms with Crippen molar-refractivity contribution in [3.63, 3.8) is 0 Å². The molecule has 0 aromatic heterocycles. The first kappa shape index (κ1) is 16.3. The van der Waals surface area contributed by atoms with Crippen LogP contribution in [0.1, 0.15) is 44.6 Å². The topological polar surface area (TPSA) is 53.6 Å². The first-order valence-corrected chi connectivity index (χ1v) is 8.66. The van der Waals surface area contributed by atoms with Gasteiger partial charge in [0.05, 0.1) is 7.11 Å². The molecule has 23 heavy (non-hydrogen) atoms. The zero-order chi connectivity index (χ0) is 16.2. The van der Waals surface area contributed by atoms with Crippen LogP contribution in [-0.2, 0) is 11.3 Å². The lowest BCUT2D eigenvalue weighted by atomic mass is 10.0. The first-order valence-electron chi connectivity index (χ1n) is 8.66. The lowest BCUT2D eigenvalue weighted by Gasteiger charge is -2.26. The molecule has 0 radical (unpaired) electrons. The fraction of sp³-hybridized carbons (Fsp3) is 0.611. The summed E-state index contributed by atoms with van der Waals surface area (Å²) in [5.41, 5.74) is 7.54. The normalized spacial score (nSPS) is 23.7. The van der Waals surface area contributed by atoms with E-state index in [-0.39, 0.29) is 11.9 Å². The average Bonchev–Trinajstić information content (AvgIpc) is 3.31. The van der Waals surface area contributed by atoms with Crippen molar-refractivity contribution >= 4 is 5.91 Å². The summed E-state index contributed by atoms with van der Waals surface area (Å²) in [4.78, 5) is 15.0. The highest BCUT2D eigenvalue weighted by Crippen LogP contribution is 2.31. The number of carbonyl (C=O) groups is 1. The number of benzene rings is 1. The molecule has 5 heteroatoms. The van der Waals surface area contributed by atoms with Crippen LogP contribution in [0.4, 0.5) is 0 Å². The van der Waals surface area contributed by atoms with Crippen LogP contribution in [-0.4, -0.2) is 36.0 Å². The maximum absolute atomic E-state index is 13.0. The van der Waals surface area contributed by atoms with Crippen LogP contribution in [0.25, 0.3) is 0 Å². The molecule has 1 amide bonds. The van der Waals surface area contributed by atoms with Crippen molar-refractivity contribution < 1.29 is 9.53 Å². The fourth-order valence-electron chi connectivity index (χ4n) is 3.31. The zero-order valence-electron chi connectivity index (χ0n) is 14.0. The highest BCUT2D eigenvalue weighted by atomic mass is 16.5. The molecule has 2 atom stereocenters. The number of methoxy groups -OCH3 is 1. The molecular formula is C18H27N3O2. The SMILES string of the molecule is CCCC1CC(C(=O)N(Cc2ccccc2OC)C2CC2)NN1. The molecule has 126 valence electrons. The summed E-state index contributed by atoms with van der Waals surface area (Å²) in [6.45, 7) is 2.80. The van der Waals surface area contributed by atoms with E-state index in [9.17, 15) is 4.79 Å². The van der Waals surface area contributed by atoms with Crippen molar-refractivity contribution in [2.45, 2.75) is 63.7 Å². The molecule has 1 saturated heterocycles. The molecule has 0 spiro atoms. The van der Waals surface area contributed by atoms with E-state index in [0.29, 0.717) is 18.6 Å². The summed E-state index contributed by atoms with van der Waals surface area (Å²) in [7, 11) is 1.68. The Morgan fingerprint density at radius 2 is 2.09 bits per heavy atom. The molecule has 1 heterocycles. The summed E-state index contributed by atoms with van der Waals surface area (Å²) in [5, 5.41) is 0. The van der Waals surface area contributed by atoms with Gasteiger partial charge in [-0.15, -0.1) is 0 Å². The molecule has 1 aliphatic carbocycles. The highest BCUT2D eigenvalue weighted by molar-refractivity contribution is 5.83. The molecule has 5 nitrogen and oxygen atoms in total. The maximum Gasteiger partial charge on any atom is 0.241 e. The van der Waals surface area contributed by atoms with E-state index in [4.69, 9.17) is 4.74 Å². The molecular weight excluding hydrogens is 290 g/mol. The second-order valence-electron chi connectivity index (χ2n) is 6.57. The third kappa shape index (κ3) is 3.85. The molecule has 2 unspecified atom stereocenters. The zero-order valence-corrected chi connectivity index (χ0v) is 14.0.